The lowest BCUT2D eigenvalue weighted by molar-refractivity contribution is -0.146. The molecular weight excluding hydrogens is 322 g/mol. The second-order valence-corrected chi connectivity index (χ2v) is 6.71. The minimum Gasteiger partial charge on any atom is -0.469 e. The van der Waals surface area contributed by atoms with Gasteiger partial charge in [0, 0.05) is 12.2 Å². The lowest BCUT2D eigenvalue weighted by Gasteiger charge is -2.27. The van der Waals surface area contributed by atoms with Crippen LogP contribution in [0, 0.1) is 25.7 Å². The highest BCUT2D eigenvalue weighted by molar-refractivity contribution is 6.06. The van der Waals surface area contributed by atoms with Gasteiger partial charge in [0.05, 0.1) is 29.7 Å². The topological polar surface area (TPSA) is 94.3 Å². The van der Waals surface area contributed by atoms with Crippen LogP contribution >= 0.6 is 0 Å². The number of nitrogens with one attached hydrogen (secondary N) is 1. The Morgan fingerprint density at radius 1 is 1.28 bits per heavy atom. The van der Waals surface area contributed by atoms with Gasteiger partial charge in [-0.05, 0) is 51.5 Å². The summed E-state index contributed by atoms with van der Waals surface area (Å²) in [6, 6.07) is 1.76. The first kappa shape index (κ1) is 17.4. The zero-order chi connectivity index (χ0) is 18.0. The highest BCUT2D eigenvalue weighted by Crippen LogP contribution is 2.29. The average molecular weight is 345 g/mol. The minimum atomic E-state index is -0.142. The molecule has 1 amide bonds. The van der Waals surface area contributed by atoms with Gasteiger partial charge in [0.15, 0.2) is 0 Å². The van der Waals surface area contributed by atoms with Crippen molar-refractivity contribution < 1.29 is 18.8 Å². The van der Waals surface area contributed by atoms with Crippen LogP contribution in [0.4, 0.5) is 0 Å². The Labute approximate surface area is 146 Å². The summed E-state index contributed by atoms with van der Waals surface area (Å²) < 4.78 is 9.98. The molecule has 0 spiro atoms. The van der Waals surface area contributed by atoms with Crippen molar-refractivity contribution in [1.29, 1.82) is 0 Å². The van der Waals surface area contributed by atoms with Crippen LogP contribution in [0.5, 0.6) is 0 Å². The quantitative estimate of drug-likeness (QED) is 0.856. The van der Waals surface area contributed by atoms with Gasteiger partial charge in [0.1, 0.15) is 0 Å². The van der Waals surface area contributed by atoms with Crippen LogP contribution in [0.1, 0.15) is 47.4 Å². The summed E-state index contributed by atoms with van der Waals surface area (Å²) in [4.78, 5) is 28.5. The van der Waals surface area contributed by atoms with Crippen molar-refractivity contribution in [3.63, 3.8) is 0 Å². The van der Waals surface area contributed by atoms with Gasteiger partial charge >= 0.3 is 5.97 Å². The number of fused-ring (bicyclic) bond motifs is 1. The molecule has 1 fully saturated rings. The van der Waals surface area contributed by atoms with E-state index in [-0.39, 0.29) is 17.8 Å². The van der Waals surface area contributed by atoms with Crippen LogP contribution in [0.2, 0.25) is 0 Å². The van der Waals surface area contributed by atoms with Crippen LogP contribution in [0.15, 0.2) is 10.6 Å². The summed E-state index contributed by atoms with van der Waals surface area (Å²) in [5.74, 6) is 0.114. The Bertz CT molecular complexity index is 791. The van der Waals surface area contributed by atoms with Gasteiger partial charge < -0.3 is 14.6 Å². The number of carbonyl (C=O) groups is 2. The maximum absolute atomic E-state index is 12.6. The second-order valence-electron chi connectivity index (χ2n) is 6.71. The van der Waals surface area contributed by atoms with Gasteiger partial charge in [-0.15, -0.1) is 0 Å². The molecule has 1 saturated carbocycles. The van der Waals surface area contributed by atoms with Gasteiger partial charge in [0.25, 0.3) is 11.6 Å². The SMILES string of the molecule is COC(=O)C1CCC(CNC(=O)c2cc(C)nc3onc(C)c23)CC1. The molecule has 2 aromatic heterocycles. The largest absolute Gasteiger partial charge is 0.469 e. The summed E-state index contributed by atoms with van der Waals surface area (Å²) >= 11 is 0. The molecule has 0 saturated heterocycles. The monoisotopic (exact) mass is 345 g/mol. The van der Waals surface area contributed by atoms with Gasteiger partial charge in [-0.25, -0.2) is 4.98 Å². The fourth-order valence-electron chi connectivity index (χ4n) is 3.50. The molecule has 1 aliphatic rings. The number of amides is 1. The molecule has 2 heterocycles. The van der Waals surface area contributed by atoms with Crippen molar-refractivity contribution in [3.8, 4) is 0 Å². The van der Waals surface area contributed by atoms with E-state index in [1.807, 2.05) is 6.92 Å². The number of aryl methyl sites for hydroxylation is 2. The third-order valence-electron chi connectivity index (χ3n) is 4.92. The van der Waals surface area contributed by atoms with Crippen molar-refractivity contribution in [2.45, 2.75) is 39.5 Å². The van der Waals surface area contributed by atoms with E-state index >= 15 is 0 Å². The predicted molar refractivity (Wildman–Crippen MR) is 91.1 cm³/mol. The molecule has 7 heteroatoms. The first-order chi connectivity index (χ1) is 12.0. The van der Waals surface area contributed by atoms with Crippen molar-refractivity contribution in [1.82, 2.24) is 15.5 Å². The third kappa shape index (κ3) is 3.65. The average Bonchev–Trinajstić information content (AvgIpc) is 2.99. The number of carbonyl (C=O) groups excluding carboxylic acids is 2. The Morgan fingerprint density at radius 2 is 2.00 bits per heavy atom. The summed E-state index contributed by atoms with van der Waals surface area (Å²) in [5, 5.41) is 7.58. The Hall–Kier alpha value is -2.44. The number of rotatable bonds is 4. The lowest BCUT2D eigenvalue weighted by Crippen LogP contribution is -2.32. The molecule has 134 valence electrons. The van der Waals surface area contributed by atoms with Crippen LogP contribution in [0.25, 0.3) is 11.1 Å². The maximum atomic E-state index is 12.6. The number of pyridine rings is 1. The molecule has 1 aliphatic carbocycles. The number of ether oxygens (including phenoxy) is 1. The number of esters is 1. The zero-order valence-corrected chi connectivity index (χ0v) is 14.8. The number of hydrogen-bond acceptors (Lipinski definition) is 6. The van der Waals surface area contributed by atoms with E-state index in [2.05, 4.69) is 15.5 Å². The van der Waals surface area contributed by atoms with Crippen LogP contribution in [0.3, 0.4) is 0 Å². The molecule has 0 bridgehead atoms. The first-order valence-corrected chi connectivity index (χ1v) is 8.59. The van der Waals surface area contributed by atoms with Gasteiger partial charge in [-0.2, -0.15) is 0 Å². The Balaban J connectivity index is 1.63. The minimum absolute atomic E-state index is 0.000854. The van der Waals surface area contributed by atoms with E-state index in [0.717, 1.165) is 25.7 Å². The van der Waals surface area contributed by atoms with Gasteiger partial charge in [0.2, 0.25) is 0 Å². The number of hydrogen-bond donors (Lipinski definition) is 1. The van der Waals surface area contributed by atoms with Gasteiger partial charge in [-0.1, -0.05) is 5.16 Å². The summed E-state index contributed by atoms with van der Waals surface area (Å²) in [5.41, 5.74) is 2.31. The lowest BCUT2D eigenvalue weighted by atomic mass is 9.82. The molecule has 3 rings (SSSR count). The number of methoxy groups -OCH3 is 1. The Morgan fingerprint density at radius 3 is 2.68 bits per heavy atom. The van der Waals surface area contributed by atoms with Crippen LogP contribution in [-0.2, 0) is 9.53 Å². The molecular formula is C18H23N3O4. The maximum Gasteiger partial charge on any atom is 0.308 e. The van der Waals surface area contributed by atoms with Gasteiger partial charge in [-0.3, -0.25) is 9.59 Å². The molecule has 7 nitrogen and oxygen atoms in total. The van der Waals surface area contributed by atoms with E-state index in [9.17, 15) is 9.59 Å². The summed E-state index contributed by atoms with van der Waals surface area (Å²) in [7, 11) is 1.43. The van der Waals surface area contributed by atoms with Crippen molar-refractivity contribution in [3.05, 3.63) is 23.0 Å². The van der Waals surface area contributed by atoms with E-state index < -0.39 is 0 Å². The van der Waals surface area contributed by atoms with E-state index in [0.29, 0.717) is 40.5 Å². The summed E-state index contributed by atoms with van der Waals surface area (Å²) in [6.07, 6.45) is 3.46. The molecule has 0 unspecified atom stereocenters. The Kier molecular flexibility index (Phi) is 5.01. The highest BCUT2D eigenvalue weighted by atomic mass is 16.5. The molecule has 1 N–H and O–H groups in total. The molecule has 0 aliphatic heterocycles. The molecule has 2 aromatic rings. The van der Waals surface area contributed by atoms with Crippen LogP contribution in [-0.4, -0.2) is 35.7 Å². The fourth-order valence-corrected chi connectivity index (χ4v) is 3.50. The van der Waals surface area contributed by atoms with E-state index in [4.69, 9.17) is 9.26 Å². The normalized spacial score (nSPS) is 20.4. The zero-order valence-electron chi connectivity index (χ0n) is 14.8. The molecule has 25 heavy (non-hydrogen) atoms. The smallest absolute Gasteiger partial charge is 0.308 e. The third-order valence-corrected chi connectivity index (χ3v) is 4.92. The molecule has 0 radical (unpaired) electrons. The number of aromatic nitrogens is 2. The van der Waals surface area contributed by atoms with E-state index in [1.54, 1.807) is 13.0 Å². The van der Waals surface area contributed by atoms with Crippen molar-refractivity contribution in [2.24, 2.45) is 11.8 Å². The molecule has 0 atom stereocenters. The molecule has 0 aromatic carbocycles. The predicted octanol–water partition coefficient (Wildman–Crippen LogP) is 2.55. The summed E-state index contributed by atoms with van der Waals surface area (Å²) in [6.45, 7) is 4.22. The standard InChI is InChI=1S/C18H23N3O4/c1-10-8-14(15-11(2)21-25-17(15)20-10)16(22)19-9-12-4-6-13(7-5-12)18(23)24-3/h8,12-13H,4-7,9H2,1-3H3,(H,19,22). The van der Waals surface area contributed by atoms with Crippen molar-refractivity contribution in [2.75, 3.05) is 13.7 Å². The van der Waals surface area contributed by atoms with E-state index in [1.165, 1.54) is 7.11 Å². The first-order valence-electron chi connectivity index (χ1n) is 8.59. The number of nitrogens with zero attached hydrogens (tertiary/aromatic N) is 2. The second kappa shape index (κ2) is 7.21. The van der Waals surface area contributed by atoms with Crippen molar-refractivity contribution >= 4 is 23.0 Å². The fraction of sp³-hybridized carbons (Fsp3) is 0.556. The highest BCUT2D eigenvalue weighted by Gasteiger charge is 2.27. The van der Waals surface area contributed by atoms with Crippen LogP contribution < -0.4 is 5.32 Å².